The molecule has 7 heteroatoms. The first-order chi connectivity index (χ1) is 13.1. The van der Waals surface area contributed by atoms with E-state index in [9.17, 15) is 9.59 Å². The standard InChI is InChI=1S/C20H22N4O3/c1-3-27-13-15-9-7-8-12-17(15)22-19(25)18-21-14(2)20(26)24(23-18)16-10-5-4-6-11-16/h4-12,14H,3,13H2,1-2H3,(H,21,23)(H,22,25). The summed E-state index contributed by atoms with van der Waals surface area (Å²) in [4.78, 5) is 29.4. The molecule has 0 aromatic heterocycles. The highest BCUT2D eigenvalue weighted by molar-refractivity contribution is 6.43. The fourth-order valence-corrected chi connectivity index (χ4v) is 2.67. The fourth-order valence-electron chi connectivity index (χ4n) is 2.67. The molecule has 0 bridgehead atoms. The third-order valence-corrected chi connectivity index (χ3v) is 4.07. The molecule has 2 amide bonds. The van der Waals surface area contributed by atoms with E-state index in [-0.39, 0.29) is 11.7 Å². The number of amidine groups is 1. The van der Waals surface area contributed by atoms with Gasteiger partial charge in [0.2, 0.25) is 5.84 Å². The van der Waals surface area contributed by atoms with E-state index in [0.29, 0.717) is 24.6 Å². The normalized spacial score (nSPS) is 16.5. The van der Waals surface area contributed by atoms with E-state index >= 15 is 0 Å². The Bertz CT molecular complexity index is 851. The van der Waals surface area contributed by atoms with Crippen LogP contribution in [-0.2, 0) is 20.9 Å². The number of amides is 2. The molecule has 140 valence electrons. The van der Waals surface area contributed by atoms with Gasteiger partial charge in [0.1, 0.15) is 6.04 Å². The molecule has 3 rings (SSSR count). The summed E-state index contributed by atoms with van der Waals surface area (Å²) in [6, 6.07) is 15.8. The summed E-state index contributed by atoms with van der Waals surface area (Å²) in [6.45, 7) is 4.56. The summed E-state index contributed by atoms with van der Waals surface area (Å²) < 4.78 is 5.44. The number of ether oxygens (including phenoxy) is 1. The topological polar surface area (TPSA) is 83.0 Å². The van der Waals surface area contributed by atoms with Gasteiger partial charge in [-0.15, -0.1) is 0 Å². The zero-order valence-electron chi connectivity index (χ0n) is 15.3. The van der Waals surface area contributed by atoms with Crippen LogP contribution in [0.1, 0.15) is 19.4 Å². The maximum absolute atomic E-state index is 12.7. The lowest BCUT2D eigenvalue weighted by molar-refractivity contribution is -0.120. The van der Waals surface area contributed by atoms with Crippen molar-refractivity contribution in [2.24, 2.45) is 4.99 Å². The Morgan fingerprint density at radius 2 is 1.89 bits per heavy atom. The van der Waals surface area contributed by atoms with Gasteiger partial charge in [0.15, 0.2) is 0 Å². The summed E-state index contributed by atoms with van der Waals surface area (Å²) in [7, 11) is 0. The van der Waals surface area contributed by atoms with Crippen LogP contribution < -0.4 is 15.8 Å². The predicted octanol–water partition coefficient (Wildman–Crippen LogP) is 2.50. The molecular formula is C20H22N4O3. The molecule has 27 heavy (non-hydrogen) atoms. The smallest absolute Gasteiger partial charge is 0.292 e. The monoisotopic (exact) mass is 366 g/mol. The average Bonchev–Trinajstić information content (AvgIpc) is 2.70. The molecule has 2 N–H and O–H groups in total. The first-order valence-electron chi connectivity index (χ1n) is 8.80. The van der Waals surface area contributed by atoms with Gasteiger partial charge < -0.3 is 10.1 Å². The number of carbonyl (C=O) groups excluding carboxylic acids is 2. The van der Waals surface area contributed by atoms with Crippen molar-refractivity contribution in [1.29, 1.82) is 0 Å². The van der Waals surface area contributed by atoms with Gasteiger partial charge in [-0.05, 0) is 32.0 Å². The van der Waals surface area contributed by atoms with Gasteiger partial charge in [0.25, 0.3) is 11.8 Å². The van der Waals surface area contributed by atoms with Gasteiger partial charge in [0.05, 0.1) is 12.3 Å². The molecule has 1 aliphatic heterocycles. The van der Waals surface area contributed by atoms with Crippen molar-refractivity contribution in [3.05, 3.63) is 60.2 Å². The molecule has 0 spiro atoms. The lowest BCUT2D eigenvalue weighted by Gasteiger charge is -2.30. The molecular weight excluding hydrogens is 344 g/mol. The average molecular weight is 366 g/mol. The zero-order chi connectivity index (χ0) is 19.2. The van der Waals surface area contributed by atoms with Crippen LogP contribution in [0.4, 0.5) is 11.4 Å². The van der Waals surface area contributed by atoms with E-state index in [1.54, 1.807) is 25.1 Å². The molecule has 0 aliphatic carbocycles. The van der Waals surface area contributed by atoms with Crippen molar-refractivity contribution in [3.63, 3.8) is 0 Å². The number of aliphatic imine (C=N–C) groups is 1. The number of hydrogen-bond acceptors (Lipinski definition) is 5. The maximum atomic E-state index is 12.7. The molecule has 0 saturated carbocycles. The minimum absolute atomic E-state index is 0.0807. The van der Waals surface area contributed by atoms with Gasteiger partial charge in [-0.1, -0.05) is 36.4 Å². The first kappa shape index (κ1) is 18.6. The molecule has 0 fully saturated rings. The molecule has 1 unspecified atom stereocenters. The lowest BCUT2D eigenvalue weighted by atomic mass is 10.2. The molecule has 1 atom stereocenters. The summed E-state index contributed by atoms with van der Waals surface area (Å²) in [5.41, 5.74) is 4.99. The number of hydrazine groups is 1. The van der Waals surface area contributed by atoms with Crippen LogP contribution in [0.2, 0.25) is 0 Å². The number of carbonyl (C=O) groups is 2. The fraction of sp³-hybridized carbons (Fsp3) is 0.250. The van der Waals surface area contributed by atoms with Crippen molar-refractivity contribution >= 4 is 29.0 Å². The highest BCUT2D eigenvalue weighted by Gasteiger charge is 2.30. The number of nitrogens with zero attached hydrogens (tertiary/aromatic N) is 2. The summed E-state index contributed by atoms with van der Waals surface area (Å²) in [5.74, 6) is -0.564. The Balaban J connectivity index is 1.79. The largest absolute Gasteiger partial charge is 0.377 e. The van der Waals surface area contributed by atoms with Gasteiger partial charge in [0, 0.05) is 17.9 Å². The second-order valence-corrected chi connectivity index (χ2v) is 6.02. The minimum atomic E-state index is -0.661. The van der Waals surface area contributed by atoms with E-state index in [1.807, 2.05) is 43.3 Å². The van der Waals surface area contributed by atoms with Gasteiger partial charge in [-0.25, -0.2) is 10.0 Å². The second kappa shape index (κ2) is 8.46. The number of nitrogens with one attached hydrogen (secondary N) is 2. The Kier molecular flexibility index (Phi) is 5.83. The molecule has 1 heterocycles. The van der Waals surface area contributed by atoms with Crippen molar-refractivity contribution in [2.75, 3.05) is 16.9 Å². The number of para-hydroxylation sites is 2. The van der Waals surface area contributed by atoms with Gasteiger partial charge in [-0.3, -0.25) is 15.0 Å². The van der Waals surface area contributed by atoms with Gasteiger partial charge >= 0.3 is 0 Å². The molecule has 0 radical (unpaired) electrons. The van der Waals surface area contributed by atoms with Crippen molar-refractivity contribution in [1.82, 2.24) is 5.43 Å². The number of benzene rings is 2. The van der Waals surface area contributed by atoms with Crippen LogP contribution >= 0.6 is 0 Å². The van der Waals surface area contributed by atoms with Crippen LogP contribution in [0.3, 0.4) is 0 Å². The van der Waals surface area contributed by atoms with Crippen LogP contribution in [-0.4, -0.2) is 30.3 Å². The zero-order valence-corrected chi connectivity index (χ0v) is 15.3. The minimum Gasteiger partial charge on any atom is -0.377 e. The molecule has 2 aromatic carbocycles. The highest BCUT2D eigenvalue weighted by Crippen LogP contribution is 2.18. The molecule has 0 saturated heterocycles. The van der Waals surface area contributed by atoms with Crippen molar-refractivity contribution in [3.8, 4) is 0 Å². The van der Waals surface area contributed by atoms with Crippen LogP contribution in [0.5, 0.6) is 0 Å². The Labute approximate surface area is 158 Å². The number of anilines is 2. The van der Waals surface area contributed by atoms with E-state index in [1.165, 1.54) is 5.01 Å². The van der Waals surface area contributed by atoms with Crippen molar-refractivity contribution in [2.45, 2.75) is 26.5 Å². The van der Waals surface area contributed by atoms with E-state index in [2.05, 4.69) is 15.7 Å². The Morgan fingerprint density at radius 1 is 1.19 bits per heavy atom. The summed E-state index contributed by atoms with van der Waals surface area (Å²) >= 11 is 0. The van der Waals surface area contributed by atoms with Crippen LogP contribution in [0.25, 0.3) is 0 Å². The summed E-state index contributed by atoms with van der Waals surface area (Å²) in [5, 5.41) is 4.19. The van der Waals surface area contributed by atoms with E-state index in [0.717, 1.165) is 5.56 Å². The third kappa shape index (κ3) is 4.32. The van der Waals surface area contributed by atoms with Crippen LogP contribution in [0, 0.1) is 0 Å². The maximum Gasteiger partial charge on any atom is 0.292 e. The van der Waals surface area contributed by atoms with E-state index in [4.69, 9.17) is 4.74 Å². The van der Waals surface area contributed by atoms with Gasteiger partial charge in [-0.2, -0.15) is 0 Å². The quantitative estimate of drug-likeness (QED) is 0.823. The Morgan fingerprint density at radius 3 is 2.63 bits per heavy atom. The Hall–Kier alpha value is -3.19. The van der Waals surface area contributed by atoms with Crippen molar-refractivity contribution < 1.29 is 14.3 Å². The number of hydrogen-bond donors (Lipinski definition) is 2. The first-order valence-corrected chi connectivity index (χ1v) is 8.80. The SMILES string of the molecule is CCOCc1ccccc1NC(=O)C1=NC(C)C(=O)N(c2ccccc2)N1. The number of rotatable bonds is 6. The van der Waals surface area contributed by atoms with Crippen LogP contribution in [0.15, 0.2) is 59.6 Å². The predicted molar refractivity (Wildman–Crippen MR) is 104 cm³/mol. The van der Waals surface area contributed by atoms with E-state index < -0.39 is 11.9 Å². The second-order valence-electron chi connectivity index (χ2n) is 6.02. The lowest BCUT2D eigenvalue weighted by Crippen LogP contribution is -2.57. The molecule has 1 aliphatic rings. The molecule has 7 nitrogen and oxygen atoms in total. The third-order valence-electron chi connectivity index (χ3n) is 4.07. The summed E-state index contributed by atoms with van der Waals surface area (Å²) in [6.07, 6.45) is 0. The highest BCUT2D eigenvalue weighted by atomic mass is 16.5. The molecule has 2 aromatic rings.